The van der Waals surface area contributed by atoms with Gasteiger partial charge in [-0.05, 0) is 30.4 Å². The normalized spacial score (nSPS) is 10.7. The van der Waals surface area contributed by atoms with E-state index in [1.54, 1.807) is 0 Å². The van der Waals surface area contributed by atoms with Gasteiger partial charge in [-0.3, -0.25) is 4.89 Å². The lowest BCUT2D eigenvalue weighted by molar-refractivity contribution is -0.216. The summed E-state index contributed by atoms with van der Waals surface area (Å²) in [6, 6.07) is 0. The van der Waals surface area contributed by atoms with Gasteiger partial charge in [0.25, 0.3) is 0 Å². The SMILES string of the molecule is CCCc1c(O)c(O)c(C(=O)OOC)c(CCC)c1CCC. The van der Waals surface area contributed by atoms with Crippen molar-refractivity contribution in [1.29, 1.82) is 0 Å². The highest BCUT2D eigenvalue weighted by molar-refractivity contribution is 5.95. The van der Waals surface area contributed by atoms with Crippen LogP contribution >= 0.6 is 0 Å². The molecule has 0 spiro atoms. The first-order chi connectivity index (χ1) is 10.5. The molecule has 124 valence electrons. The Labute approximate surface area is 131 Å². The molecule has 0 saturated heterocycles. The van der Waals surface area contributed by atoms with Crippen molar-refractivity contribution in [2.45, 2.75) is 59.3 Å². The van der Waals surface area contributed by atoms with Crippen LogP contribution in [-0.2, 0) is 29.0 Å². The smallest absolute Gasteiger partial charge is 0.377 e. The molecule has 5 heteroatoms. The van der Waals surface area contributed by atoms with E-state index in [0.717, 1.165) is 42.4 Å². The second-order valence-electron chi connectivity index (χ2n) is 5.30. The van der Waals surface area contributed by atoms with E-state index < -0.39 is 11.7 Å². The lowest BCUT2D eigenvalue weighted by atomic mass is 9.87. The molecule has 0 atom stereocenters. The van der Waals surface area contributed by atoms with Gasteiger partial charge >= 0.3 is 5.97 Å². The minimum absolute atomic E-state index is 0.0181. The van der Waals surface area contributed by atoms with Gasteiger partial charge in [0.2, 0.25) is 0 Å². The third kappa shape index (κ3) is 3.71. The molecule has 0 heterocycles. The van der Waals surface area contributed by atoms with Crippen molar-refractivity contribution in [3.8, 4) is 11.5 Å². The lowest BCUT2D eigenvalue weighted by Gasteiger charge is -2.20. The fourth-order valence-electron chi connectivity index (χ4n) is 2.81. The summed E-state index contributed by atoms with van der Waals surface area (Å²) in [6.45, 7) is 6.06. The summed E-state index contributed by atoms with van der Waals surface area (Å²) in [5, 5.41) is 20.6. The maximum atomic E-state index is 12.1. The van der Waals surface area contributed by atoms with E-state index in [9.17, 15) is 15.0 Å². The fraction of sp³-hybridized carbons (Fsp3) is 0.588. The van der Waals surface area contributed by atoms with Gasteiger partial charge in [-0.15, -0.1) is 0 Å². The molecule has 1 aromatic rings. The quantitative estimate of drug-likeness (QED) is 0.435. The second-order valence-corrected chi connectivity index (χ2v) is 5.30. The van der Waals surface area contributed by atoms with Gasteiger partial charge in [-0.25, -0.2) is 4.79 Å². The van der Waals surface area contributed by atoms with E-state index in [4.69, 9.17) is 0 Å². The number of aromatic hydroxyl groups is 2. The number of hydrogen-bond donors (Lipinski definition) is 2. The zero-order chi connectivity index (χ0) is 16.7. The van der Waals surface area contributed by atoms with Gasteiger partial charge in [-0.1, -0.05) is 40.0 Å². The van der Waals surface area contributed by atoms with Crippen LogP contribution in [0, 0.1) is 0 Å². The Morgan fingerprint density at radius 2 is 1.36 bits per heavy atom. The molecule has 1 rings (SSSR count). The summed E-state index contributed by atoms with van der Waals surface area (Å²) in [6.07, 6.45) is 4.58. The first-order valence-corrected chi connectivity index (χ1v) is 7.86. The van der Waals surface area contributed by atoms with Crippen LogP contribution in [0.5, 0.6) is 11.5 Å². The maximum Gasteiger partial charge on any atom is 0.377 e. The molecule has 0 aliphatic heterocycles. The molecule has 0 aromatic heterocycles. The molecule has 0 bridgehead atoms. The van der Waals surface area contributed by atoms with E-state index in [1.807, 2.05) is 20.8 Å². The third-order valence-electron chi connectivity index (χ3n) is 3.64. The number of benzene rings is 1. The van der Waals surface area contributed by atoms with Gasteiger partial charge in [0.1, 0.15) is 5.56 Å². The summed E-state index contributed by atoms with van der Waals surface area (Å²) in [5.74, 6) is -1.40. The third-order valence-corrected chi connectivity index (χ3v) is 3.64. The molecule has 0 fully saturated rings. The van der Waals surface area contributed by atoms with Crippen LogP contribution in [0.2, 0.25) is 0 Å². The molecule has 0 unspecified atom stereocenters. The monoisotopic (exact) mass is 310 g/mol. The molecule has 5 nitrogen and oxygen atoms in total. The Kier molecular flexibility index (Phi) is 7.18. The minimum Gasteiger partial charge on any atom is -0.504 e. The van der Waals surface area contributed by atoms with Crippen molar-refractivity contribution in [1.82, 2.24) is 0 Å². The van der Waals surface area contributed by atoms with Crippen LogP contribution in [-0.4, -0.2) is 23.3 Å². The van der Waals surface area contributed by atoms with Crippen LogP contribution in [0.4, 0.5) is 0 Å². The number of phenols is 2. The summed E-state index contributed by atoms with van der Waals surface area (Å²) < 4.78 is 0. The van der Waals surface area contributed by atoms with Crippen molar-refractivity contribution < 1.29 is 24.8 Å². The van der Waals surface area contributed by atoms with Crippen molar-refractivity contribution >= 4 is 5.97 Å². The van der Waals surface area contributed by atoms with Crippen LogP contribution in [0.1, 0.15) is 67.1 Å². The molecular weight excluding hydrogens is 284 g/mol. The largest absolute Gasteiger partial charge is 0.504 e. The average Bonchev–Trinajstić information content (AvgIpc) is 2.48. The van der Waals surface area contributed by atoms with Gasteiger partial charge in [0, 0.05) is 5.56 Å². The van der Waals surface area contributed by atoms with Crippen LogP contribution in [0.25, 0.3) is 0 Å². The number of rotatable bonds is 8. The summed E-state index contributed by atoms with van der Waals surface area (Å²) in [5.41, 5.74) is 2.46. The summed E-state index contributed by atoms with van der Waals surface area (Å²) in [7, 11) is 1.23. The molecule has 0 aliphatic carbocycles. The Balaban J connectivity index is 3.63. The Morgan fingerprint density at radius 1 is 0.864 bits per heavy atom. The topological polar surface area (TPSA) is 76.0 Å². The van der Waals surface area contributed by atoms with Crippen molar-refractivity contribution in [3.05, 3.63) is 22.3 Å². The maximum absolute atomic E-state index is 12.1. The first kappa shape index (κ1) is 18.3. The van der Waals surface area contributed by atoms with Crippen molar-refractivity contribution in [2.24, 2.45) is 0 Å². The molecule has 0 radical (unpaired) electrons. The second kappa shape index (κ2) is 8.63. The molecule has 0 aliphatic rings. The highest BCUT2D eigenvalue weighted by Gasteiger charge is 2.27. The molecule has 0 saturated carbocycles. The van der Waals surface area contributed by atoms with E-state index in [-0.39, 0.29) is 11.3 Å². The van der Waals surface area contributed by atoms with Crippen LogP contribution in [0.3, 0.4) is 0 Å². The van der Waals surface area contributed by atoms with E-state index in [0.29, 0.717) is 12.8 Å². The number of hydrogen-bond acceptors (Lipinski definition) is 5. The van der Waals surface area contributed by atoms with E-state index in [2.05, 4.69) is 9.78 Å². The zero-order valence-electron chi connectivity index (χ0n) is 13.9. The van der Waals surface area contributed by atoms with Crippen LogP contribution < -0.4 is 0 Å². The molecule has 22 heavy (non-hydrogen) atoms. The number of carbonyl (C=O) groups excluding carboxylic acids is 1. The van der Waals surface area contributed by atoms with Crippen molar-refractivity contribution in [2.75, 3.05) is 7.11 Å². The first-order valence-electron chi connectivity index (χ1n) is 7.86. The minimum atomic E-state index is -0.779. The highest BCUT2D eigenvalue weighted by atomic mass is 17.2. The number of phenolic OH excluding ortho intramolecular Hbond substituents is 2. The molecule has 2 N–H and O–H groups in total. The summed E-state index contributed by atoms with van der Waals surface area (Å²) >= 11 is 0. The van der Waals surface area contributed by atoms with Gasteiger partial charge in [0.05, 0.1) is 7.11 Å². The Hall–Kier alpha value is -1.75. The van der Waals surface area contributed by atoms with Gasteiger partial charge in [0.15, 0.2) is 11.5 Å². The number of carbonyl (C=O) groups is 1. The highest BCUT2D eigenvalue weighted by Crippen LogP contribution is 2.41. The molecule has 0 amide bonds. The zero-order valence-corrected chi connectivity index (χ0v) is 13.9. The van der Waals surface area contributed by atoms with Crippen LogP contribution in [0.15, 0.2) is 0 Å². The standard InChI is InChI=1S/C17H26O5/c1-5-8-11-12(9-6-2)14(17(20)22-21-4)16(19)15(18)13(11)10-7-3/h18-19H,5-10H2,1-4H3. The Morgan fingerprint density at radius 3 is 1.86 bits per heavy atom. The fourth-order valence-corrected chi connectivity index (χ4v) is 2.81. The predicted molar refractivity (Wildman–Crippen MR) is 84.2 cm³/mol. The van der Waals surface area contributed by atoms with E-state index >= 15 is 0 Å². The predicted octanol–water partition coefficient (Wildman–Crippen LogP) is 3.67. The van der Waals surface area contributed by atoms with Gasteiger partial charge < -0.3 is 10.2 Å². The molecule has 1 aromatic carbocycles. The Bertz CT molecular complexity index is 523. The average molecular weight is 310 g/mol. The molecular formula is C17H26O5. The van der Waals surface area contributed by atoms with Gasteiger partial charge in [-0.2, -0.15) is 4.89 Å². The summed E-state index contributed by atoms with van der Waals surface area (Å²) in [4.78, 5) is 21.1. The van der Waals surface area contributed by atoms with E-state index in [1.165, 1.54) is 7.11 Å². The van der Waals surface area contributed by atoms with Crippen molar-refractivity contribution in [3.63, 3.8) is 0 Å². The lowest BCUT2D eigenvalue weighted by Crippen LogP contribution is -2.13.